The van der Waals surface area contributed by atoms with Gasteiger partial charge in [0.25, 0.3) is 0 Å². The molecule has 0 saturated heterocycles. The Hall–Kier alpha value is -3.08. The van der Waals surface area contributed by atoms with Crippen LogP contribution in [0.5, 0.6) is 5.75 Å². The topological polar surface area (TPSA) is 64.4 Å². The lowest BCUT2D eigenvalue weighted by Crippen LogP contribution is -2.14. The molecule has 1 N–H and O–H groups in total. The molecule has 0 atom stereocenters. The van der Waals surface area contributed by atoms with Gasteiger partial charge in [-0.15, -0.1) is 0 Å². The molecule has 0 spiro atoms. The molecule has 25 heavy (non-hydrogen) atoms. The lowest BCUT2D eigenvalue weighted by Gasteiger charge is -2.07. The SMILES string of the molecule is COc1cccc(CC(=O)Nc2ccc(-c3nc(C)c(C)o3)cc2)c1. The first-order valence-electron chi connectivity index (χ1n) is 8.02. The minimum absolute atomic E-state index is 0.0798. The maximum atomic E-state index is 12.2. The van der Waals surface area contributed by atoms with E-state index >= 15 is 0 Å². The second-order valence-electron chi connectivity index (χ2n) is 5.81. The zero-order valence-corrected chi connectivity index (χ0v) is 14.5. The Morgan fingerprint density at radius 1 is 1.16 bits per heavy atom. The third-order valence-electron chi connectivity index (χ3n) is 3.94. The molecule has 0 aliphatic rings. The van der Waals surface area contributed by atoms with Gasteiger partial charge in [0.1, 0.15) is 11.5 Å². The van der Waals surface area contributed by atoms with E-state index in [0.29, 0.717) is 5.89 Å². The highest BCUT2D eigenvalue weighted by Crippen LogP contribution is 2.23. The number of ether oxygens (including phenoxy) is 1. The number of benzene rings is 2. The van der Waals surface area contributed by atoms with Crippen molar-refractivity contribution in [2.24, 2.45) is 0 Å². The van der Waals surface area contributed by atoms with Gasteiger partial charge in [0, 0.05) is 11.3 Å². The molecule has 0 fully saturated rings. The fraction of sp³-hybridized carbons (Fsp3) is 0.200. The molecule has 5 nitrogen and oxygen atoms in total. The van der Waals surface area contributed by atoms with E-state index in [1.807, 2.05) is 62.4 Å². The summed E-state index contributed by atoms with van der Waals surface area (Å²) in [5.41, 5.74) is 3.39. The van der Waals surface area contributed by atoms with E-state index < -0.39 is 0 Å². The molecular formula is C20H20N2O3. The predicted octanol–water partition coefficient (Wildman–Crippen LogP) is 4.15. The maximum Gasteiger partial charge on any atom is 0.228 e. The predicted molar refractivity (Wildman–Crippen MR) is 96.7 cm³/mol. The monoisotopic (exact) mass is 336 g/mol. The van der Waals surface area contributed by atoms with E-state index in [0.717, 1.165) is 34.0 Å². The minimum atomic E-state index is -0.0798. The second-order valence-corrected chi connectivity index (χ2v) is 5.81. The second kappa shape index (κ2) is 7.21. The van der Waals surface area contributed by atoms with Crippen LogP contribution >= 0.6 is 0 Å². The fourth-order valence-corrected chi connectivity index (χ4v) is 2.47. The van der Waals surface area contributed by atoms with Gasteiger partial charge in [-0.2, -0.15) is 0 Å². The summed E-state index contributed by atoms with van der Waals surface area (Å²) in [5, 5.41) is 2.89. The highest BCUT2D eigenvalue weighted by Gasteiger charge is 2.09. The third-order valence-corrected chi connectivity index (χ3v) is 3.94. The summed E-state index contributed by atoms with van der Waals surface area (Å²) in [7, 11) is 1.61. The van der Waals surface area contributed by atoms with Crippen LogP contribution < -0.4 is 10.1 Å². The molecule has 0 unspecified atom stereocenters. The number of methoxy groups -OCH3 is 1. The van der Waals surface area contributed by atoms with Gasteiger partial charge in [-0.25, -0.2) is 4.98 Å². The normalized spacial score (nSPS) is 10.5. The Morgan fingerprint density at radius 2 is 1.92 bits per heavy atom. The molecule has 1 amide bonds. The Morgan fingerprint density at radius 3 is 2.56 bits per heavy atom. The van der Waals surface area contributed by atoms with Crippen LogP contribution in [0, 0.1) is 13.8 Å². The van der Waals surface area contributed by atoms with Crippen molar-refractivity contribution >= 4 is 11.6 Å². The number of aryl methyl sites for hydroxylation is 2. The van der Waals surface area contributed by atoms with Crippen LogP contribution in [0.25, 0.3) is 11.5 Å². The van der Waals surface area contributed by atoms with Crippen molar-refractivity contribution in [3.8, 4) is 17.2 Å². The molecular weight excluding hydrogens is 316 g/mol. The number of oxazole rings is 1. The summed E-state index contributed by atoms with van der Waals surface area (Å²) in [5.74, 6) is 2.06. The maximum absolute atomic E-state index is 12.2. The van der Waals surface area contributed by atoms with Crippen molar-refractivity contribution < 1.29 is 13.9 Å². The molecule has 2 aromatic carbocycles. The summed E-state index contributed by atoms with van der Waals surface area (Å²) in [6, 6.07) is 14.9. The van der Waals surface area contributed by atoms with Crippen LogP contribution in [-0.2, 0) is 11.2 Å². The van der Waals surface area contributed by atoms with Gasteiger partial charge in [-0.1, -0.05) is 12.1 Å². The molecule has 3 rings (SSSR count). The van der Waals surface area contributed by atoms with E-state index in [1.54, 1.807) is 7.11 Å². The van der Waals surface area contributed by atoms with Gasteiger partial charge in [0.05, 0.1) is 19.2 Å². The third kappa shape index (κ3) is 4.07. The zero-order valence-electron chi connectivity index (χ0n) is 14.5. The molecule has 0 aliphatic heterocycles. The highest BCUT2D eigenvalue weighted by molar-refractivity contribution is 5.92. The van der Waals surface area contributed by atoms with E-state index in [-0.39, 0.29) is 12.3 Å². The first kappa shape index (κ1) is 16.8. The van der Waals surface area contributed by atoms with Crippen molar-refractivity contribution in [3.05, 3.63) is 65.5 Å². The Bertz CT molecular complexity index is 863. The number of carbonyl (C=O) groups is 1. The van der Waals surface area contributed by atoms with Crippen LogP contribution in [0.15, 0.2) is 52.9 Å². The average Bonchev–Trinajstić information content (AvgIpc) is 2.94. The standard InChI is InChI=1S/C20H20N2O3/c1-13-14(2)25-20(21-13)16-7-9-17(10-8-16)22-19(23)12-15-5-4-6-18(11-15)24-3/h4-11H,12H2,1-3H3,(H,22,23). The summed E-state index contributed by atoms with van der Waals surface area (Å²) in [6.45, 7) is 3.80. The Balaban J connectivity index is 1.65. The minimum Gasteiger partial charge on any atom is -0.497 e. The summed E-state index contributed by atoms with van der Waals surface area (Å²) >= 11 is 0. The van der Waals surface area contributed by atoms with Gasteiger partial charge in [0.2, 0.25) is 11.8 Å². The molecule has 3 aromatic rings. The number of hydrogen-bond donors (Lipinski definition) is 1. The number of anilines is 1. The van der Waals surface area contributed by atoms with Crippen molar-refractivity contribution in [3.63, 3.8) is 0 Å². The van der Waals surface area contributed by atoms with E-state index in [9.17, 15) is 4.79 Å². The summed E-state index contributed by atoms with van der Waals surface area (Å²) in [4.78, 5) is 16.6. The van der Waals surface area contributed by atoms with Crippen LogP contribution in [0.2, 0.25) is 0 Å². The van der Waals surface area contributed by atoms with E-state index in [1.165, 1.54) is 0 Å². The fourth-order valence-electron chi connectivity index (χ4n) is 2.47. The zero-order chi connectivity index (χ0) is 17.8. The molecule has 0 aliphatic carbocycles. The molecule has 0 saturated carbocycles. The number of hydrogen-bond acceptors (Lipinski definition) is 4. The quantitative estimate of drug-likeness (QED) is 0.760. The van der Waals surface area contributed by atoms with Gasteiger partial charge in [-0.05, 0) is 55.8 Å². The summed E-state index contributed by atoms with van der Waals surface area (Å²) in [6.07, 6.45) is 0.289. The molecule has 0 bridgehead atoms. The first-order chi connectivity index (χ1) is 12.0. The van der Waals surface area contributed by atoms with Crippen molar-refractivity contribution in [2.45, 2.75) is 20.3 Å². The smallest absolute Gasteiger partial charge is 0.228 e. The Labute approximate surface area is 146 Å². The molecule has 0 radical (unpaired) electrons. The van der Waals surface area contributed by atoms with Gasteiger partial charge < -0.3 is 14.5 Å². The first-order valence-corrected chi connectivity index (χ1v) is 8.02. The number of nitrogens with one attached hydrogen (secondary N) is 1. The van der Waals surface area contributed by atoms with Crippen LogP contribution in [-0.4, -0.2) is 18.0 Å². The molecule has 1 aromatic heterocycles. The largest absolute Gasteiger partial charge is 0.497 e. The van der Waals surface area contributed by atoms with Crippen LogP contribution in [0.1, 0.15) is 17.0 Å². The average molecular weight is 336 g/mol. The number of nitrogens with zero attached hydrogens (tertiary/aromatic N) is 1. The van der Waals surface area contributed by atoms with Crippen LogP contribution in [0.3, 0.4) is 0 Å². The van der Waals surface area contributed by atoms with Gasteiger partial charge in [-0.3, -0.25) is 4.79 Å². The van der Waals surface area contributed by atoms with Gasteiger partial charge >= 0.3 is 0 Å². The number of aromatic nitrogens is 1. The van der Waals surface area contributed by atoms with Crippen molar-refractivity contribution in [1.82, 2.24) is 4.98 Å². The molecule has 5 heteroatoms. The Kier molecular flexibility index (Phi) is 4.84. The summed E-state index contributed by atoms with van der Waals surface area (Å²) < 4.78 is 10.8. The highest BCUT2D eigenvalue weighted by atomic mass is 16.5. The number of rotatable bonds is 5. The molecule has 1 heterocycles. The van der Waals surface area contributed by atoms with Crippen molar-refractivity contribution in [2.75, 3.05) is 12.4 Å². The lowest BCUT2D eigenvalue weighted by atomic mass is 10.1. The van der Waals surface area contributed by atoms with Crippen LogP contribution in [0.4, 0.5) is 5.69 Å². The number of carbonyl (C=O) groups excluding carboxylic acids is 1. The number of amides is 1. The van der Waals surface area contributed by atoms with E-state index in [2.05, 4.69) is 10.3 Å². The molecule has 128 valence electrons. The lowest BCUT2D eigenvalue weighted by molar-refractivity contribution is -0.115. The van der Waals surface area contributed by atoms with Crippen molar-refractivity contribution in [1.29, 1.82) is 0 Å². The van der Waals surface area contributed by atoms with E-state index in [4.69, 9.17) is 9.15 Å². The van der Waals surface area contributed by atoms with Gasteiger partial charge in [0.15, 0.2) is 0 Å².